The molecular formula is C21H30ClNO5. The fraction of sp³-hybridized carbons (Fsp3) is 0.571. The number of halogens is 1. The Morgan fingerprint density at radius 2 is 1.71 bits per heavy atom. The predicted molar refractivity (Wildman–Crippen MR) is 103 cm³/mol. The van der Waals surface area contributed by atoms with Crippen LogP contribution < -0.4 is 31.5 Å². The second kappa shape index (κ2) is 10.6. The van der Waals surface area contributed by atoms with Gasteiger partial charge in [-0.2, -0.15) is 0 Å². The molecule has 0 spiro atoms. The lowest BCUT2D eigenvalue weighted by Gasteiger charge is -2.24. The van der Waals surface area contributed by atoms with Crippen LogP contribution in [0, 0.1) is 0 Å². The van der Waals surface area contributed by atoms with Crippen LogP contribution in [0.3, 0.4) is 0 Å². The zero-order valence-electron chi connectivity index (χ0n) is 16.9. The SMILES string of the molecule is COc1cc2c(c(OC)c1OC)CCC(C(=O)OCC[NH+]1CCCCC1)=C2.[Cl-]. The maximum atomic E-state index is 12.5. The summed E-state index contributed by atoms with van der Waals surface area (Å²) >= 11 is 0. The molecule has 0 atom stereocenters. The Balaban J connectivity index is 0.00000280. The maximum absolute atomic E-state index is 12.5. The van der Waals surface area contributed by atoms with E-state index in [4.69, 9.17) is 18.9 Å². The summed E-state index contributed by atoms with van der Waals surface area (Å²) in [6.45, 7) is 3.76. The molecule has 0 aromatic heterocycles. The van der Waals surface area contributed by atoms with E-state index in [0.717, 1.165) is 17.7 Å². The number of nitrogens with one attached hydrogen (secondary N) is 1. The highest BCUT2D eigenvalue weighted by Crippen LogP contribution is 2.44. The summed E-state index contributed by atoms with van der Waals surface area (Å²) in [5, 5.41) is 0. The van der Waals surface area contributed by atoms with Gasteiger partial charge in [-0.1, -0.05) is 0 Å². The second-order valence-corrected chi connectivity index (χ2v) is 7.08. The number of quaternary nitrogens is 1. The van der Waals surface area contributed by atoms with Crippen LogP contribution in [-0.4, -0.2) is 53.5 Å². The van der Waals surface area contributed by atoms with Gasteiger partial charge in [-0.3, -0.25) is 0 Å². The van der Waals surface area contributed by atoms with Crippen molar-refractivity contribution in [3.63, 3.8) is 0 Å². The molecule has 1 heterocycles. The number of carbonyl (C=O) groups is 1. The molecule has 0 amide bonds. The largest absolute Gasteiger partial charge is 1.00 e. The fourth-order valence-corrected chi connectivity index (χ4v) is 3.98. The highest BCUT2D eigenvalue weighted by Gasteiger charge is 2.25. The average molecular weight is 412 g/mol. The van der Waals surface area contributed by atoms with E-state index in [1.165, 1.54) is 32.4 Å². The molecule has 7 heteroatoms. The maximum Gasteiger partial charge on any atom is 0.334 e. The van der Waals surface area contributed by atoms with Gasteiger partial charge in [0.05, 0.1) is 34.4 Å². The number of piperidine rings is 1. The van der Waals surface area contributed by atoms with Crippen LogP contribution in [0.4, 0.5) is 0 Å². The van der Waals surface area contributed by atoms with Crippen molar-refractivity contribution >= 4 is 12.0 Å². The fourth-order valence-electron chi connectivity index (χ4n) is 3.98. The number of methoxy groups -OCH3 is 3. The topological polar surface area (TPSA) is 58.4 Å². The summed E-state index contributed by atoms with van der Waals surface area (Å²) in [4.78, 5) is 14.0. The summed E-state index contributed by atoms with van der Waals surface area (Å²) in [7, 11) is 4.81. The smallest absolute Gasteiger partial charge is 0.334 e. The number of carbonyl (C=O) groups excluding carboxylic acids is 1. The van der Waals surface area contributed by atoms with Gasteiger partial charge in [-0.25, -0.2) is 4.79 Å². The number of ether oxygens (including phenoxy) is 4. The second-order valence-electron chi connectivity index (χ2n) is 7.08. The van der Waals surface area contributed by atoms with Gasteiger partial charge >= 0.3 is 5.97 Å². The predicted octanol–water partition coefficient (Wildman–Crippen LogP) is -1.34. The Bertz CT molecular complexity index is 713. The van der Waals surface area contributed by atoms with Crippen molar-refractivity contribution in [1.29, 1.82) is 0 Å². The summed E-state index contributed by atoms with van der Waals surface area (Å²) in [6.07, 6.45) is 7.11. The highest BCUT2D eigenvalue weighted by molar-refractivity contribution is 5.95. The molecule has 0 saturated carbocycles. The number of hydrogen-bond acceptors (Lipinski definition) is 5. The first-order chi connectivity index (χ1) is 13.2. The number of fused-ring (bicyclic) bond motifs is 1. The molecule has 2 aliphatic rings. The van der Waals surface area contributed by atoms with Crippen LogP contribution in [0.5, 0.6) is 17.2 Å². The van der Waals surface area contributed by atoms with Gasteiger partial charge in [-0.05, 0) is 49.8 Å². The lowest BCUT2D eigenvalue weighted by atomic mass is 9.90. The van der Waals surface area contributed by atoms with E-state index in [0.29, 0.717) is 42.3 Å². The van der Waals surface area contributed by atoms with Gasteiger partial charge in [0.1, 0.15) is 13.2 Å². The number of hydrogen-bond donors (Lipinski definition) is 1. The molecule has 1 aromatic carbocycles. The van der Waals surface area contributed by atoms with E-state index in [1.54, 1.807) is 26.2 Å². The van der Waals surface area contributed by atoms with E-state index in [9.17, 15) is 4.79 Å². The van der Waals surface area contributed by atoms with Crippen molar-refractivity contribution in [3.8, 4) is 17.2 Å². The van der Waals surface area contributed by atoms with E-state index < -0.39 is 0 Å². The first-order valence-corrected chi connectivity index (χ1v) is 9.71. The third-order valence-corrected chi connectivity index (χ3v) is 5.45. The number of rotatable bonds is 7. The van der Waals surface area contributed by atoms with Gasteiger partial charge in [0, 0.05) is 11.1 Å². The molecule has 156 valence electrons. The van der Waals surface area contributed by atoms with E-state index >= 15 is 0 Å². The van der Waals surface area contributed by atoms with E-state index in [-0.39, 0.29) is 18.4 Å². The van der Waals surface area contributed by atoms with Crippen LogP contribution in [0.1, 0.15) is 36.8 Å². The summed E-state index contributed by atoms with van der Waals surface area (Å²) in [6, 6.07) is 1.89. The minimum Gasteiger partial charge on any atom is -1.00 e. The minimum absolute atomic E-state index is 0. The van der Waals surface area contributed by atoms with Crippen LogP contribution in [0.25, 0.3) is 6.08 Å². The molecule has 1 saturated heterocycles. The van der Waals surface area contributed by atoms with Crippen molar-refractivity contribution in [2.75, 3.05) is 47.6 Å². The molecule has 1 fully saturated rings. The van der Waals surface area contributed by atoms with Crippen LogP contribution in [0.15, 0.2) is 11.6 Å². The van der Waals surface area contributed by atoms with E-state index in [2.05, 4.69) is 0 Å². The summed E-state index contributed by atoms with van der Waals surface area (Å²) < 4.78 is 22.0. The lowest BCUT2D eigenvalue weighted by molar-refractivity contribution is -0.905. The monoisotopic (exact) mass is 411 g/mol. The van der Waals surface area contributed by atoms with Gasteiger partial charge < -0.3 is 36.3 Å². The van der Waals surface area contributed by atoms with Crippen molar-refractivity contribution < 1.29 is 41.0 Å². The molecular weight excluding hydrogens is 382 g/mol. The molecule has 3 rings (SSSR count). The third-order valence-electron chi connectivity index (χ3n) is 5.45. The molecule has 0 unspecified atom stereocenters. The zero-order valence-corrected chi connectivity index (χ0v) is 17.7. The molecule has 0 radical (unpaired) electrons. The number of likely N-dealkylation sites (tertiary alicyclic amines) is 1. The third kappa shape index (κ3) is 4.92. The molecule has 0 bridgehead atoms. The molecule has 1 aliphatic carbocycles. The Hall–Kier alpha value is -1.92. The molecule has 1 aliphatic heterocycles. The van der Waals surface area contributed by atoms with Gasteiger partial charge in [0.15, 0.2) is 11.5 Å². The Labute approximate surface area is 173 Å². The molecule has 1 N–H and O–H groups in total. The van der Waals surface area contributed by atoms with Gasteiger partial charge in [-0.15, -0.1) is 0 Å². The Kier molecular flexibility index (Phi) is 8.45. The number of benzene rings is 1. The average Bonchev–Trinajstić information content (AvgIpc) is 2.72. The van der Waals surface area contributed by atoms with Crippen LogP contribution in [-0.2, 0) is 16.0 Å². The first-order valence-electron chi connectivity index (χ1n) is 9.71. The highest BCUT2D eigenvalue weighted by atomic mass is 35.5. The van der Waals surface area contributed by atoms with E-state index in [1.807, 2.05) is 12.1 Å². The van der Waals surface area contributed by atoms with Crippen molar-refractivity contribution in [3.05, 3.63) is 22.8 Å². The summed E-state index contributed by atoms with van der Waals surface area (Å²) in [5.41, 5.74) is 2.65. The summed E-state index contributed by atoms with van der Waals surface area (Å²) in [5.74, 6) is 1.63. The van der Waals surface area contributed by atoms with Crippen molar-refractivity contribution in [2.45, 2.75) is 32.1 Å². The quantitative estimate of drug-likeness (QED) is 0.563. The standard InChI is InChI=1S/C21H29NO5.ClH/c1-24-18-14-16-13-15(7-8-17(16)19(25-2)20(18)26-3)21(23)27-12-11-22-9-5-4-6-10-22;/h13-14H,4-12H2,1-3H3;1H. The van der Waals surface area contributed by atoms with Crippen molar-refractivity contribution in [1.82, 2.24) is 0 Å². The Morgan fingerprint density at radius 1 is 1.00 bits per heavy atom. The number of esters is 1. The molecule has 1 aromatic rings. The minimum atomic E-state index is -0.217. The normalized spacial score (nSPS) is 16.3. The van der Waals surface area contributed by atoms with Crippen molar-refractivity contribution in [2.24, 2.45) is 0 Å². The van der Waals surface area contributed by atoms with Crippen LogP contribution >= 0.6 is 0 Å². The zero-order chi connectivity index (χ0) is 19.2. The Morgan fingerprint density at radius 3 is 2.36 bits per heavy atom. The van der Waals surface area contributed by atoms with Crippen LogP contribution in [0.2, 0.25) is 0 Å². The lowest BCUT2D eigenvalue weighted by Crippen LogP contribution is -3.13. The first kappa shape index (κ1) is 22.4. The van der Waals surface area contributed by atoms with Gasteiger partial charge in [0.25, 0.3) is 0 Å². The molecule has 6 nitrogen and oxygen atoms in total. The van der Waals surface area contributed by atoms with Gasteiger partial charge in [0.2, 0.25) is 5.75 Å². The molecule has 28 heavy (non-hydrogen) atoms.